The Kier molecular flexibility index (Phi) is 5.74. The second-order valence-electron chi connectivity index (χ2n) is 7.24. The van der Waals surface area contributed by atoms with Gasteiger partial charge in [0, 0.05) is 13.6 Å². The summed E-state index contributed by atoms with van der Waals surface area (Å²) in [5.74, 6) is -0.755. The van der Waals surface area contributed by atoms with Crippen molar-refractivity contribution in [1.29, 1.82) is 0 Å². The molecule has 2 atom stereocenters. The molecule has 0 radical (unpaired) electrons. The Bertz CT molecular complexity index is 699. The van der Waals surface area contributed by atoms with Gasteiger partial charge in [0.25, 0.3) is 0 Å². The average Bonchev–Trinajstić information content (AvgIpc) is 2.71. The van der Waals surface area contributed by atoms with Crippen LogP contribution in [0.1, 0.15) is 27.7 Å². The standard InChI is InChI=1S/C18H26N4O4/c1-11(22(5)17(25)26-18(2,3)4)15(23)21-14-10-19-12-8-6-7-9-13(12)20-16(14)24/h6-9,11,14,19H,10H2,1-5H3,(H,20,24)(H,21,23). The summed E-state index contributed by atoms with van der Waals surface area (Å²) < 4.78 is 5.26. The quantitative estimate of drug-likeness (QED) is 0.761. The number of hydrogen-bond acceptors (Lipinski definition) is 5. The molecule has 8 heteroatoms. The van der Waals surface area contributed by atoms with Crippen LogP contribution in [0, 0.1) is 0 Å². The minimum absolute atomic E-state index is 0.247. The molecule has 0 bridgehead atoms. The van der Waals surface area contributed by atoms with Crippen LogP contribution >= 0.6 is 0 Å². The fraction of sp³-hybridized carbons (Fsp3) is 0.500. The first-order valence-electron chi connectivity index (χ1n) is 8.48. The number of benzene rings is 1. The van der Waals surface area contributed by atoms with Crippen LogP contribution in [0.2, 0.25) is 0 Å². The van der Waals surface area contributed by atoms with Crippen molar-refractivity contribution < 1.29 is 19.1 Å². The van der Waals surface area contributed by atoms with E-state index in [1.807, 2.05) is 18.2 Å². The summed E-state index contributed by atoms with van der Waals surface area (Å²) in [7, 11) is 1.49. The van der Waals surface area contributed by atoms with E-state index in [0.717, 1.165) is 5.69 Å². The number of carbonyl (C=O) groups is 3. The molecule has 1 heterocycles. The van der Waals surface area contributed by atoms with E-state index < -0.39 is 29.7 Å². The van der Waals surface area contributed by atoms with E-state index in [9.17, 15) is 14.4 Å². The highest BCUT2D eigenvalue weighted by molar-refractivity contribution is 6.01. The second kappa shape index (κ2) is 7.63. The molecule has 0 saturated heterocycles. The van der Waals surface area contributed by atoms with Gasteiger partial charge in [0.2, 0.25) is 11.8 Å². The number of hydrogen-bond donors (Lipinski definition) is 3. The van der Waals surface area contributed by atoms with Crippen molar-refractivity contribution >= 4 is 29.3 Å². The number of likely N-dealkylation sites (N-methyl/N-ethyl adjacent to an activating group) is 1. The predicted molar refractivity (Wildman–Crippen MR) is 99.0 cm³/mol. The molecule has 1 aliphatic rings. The molecule has 1 aromatic carbocycles. The first-order valence-corrected chi connectivity index (χ1v) is 8.48. The van der Waals surface area contributed by atoms with Gasteiger partial charge in [-0.2, -0.15) is 0 Å². The lowest BCUT2D eigenvalue weighted by Gasteiger charge is -2.28. The zero-order valence-electron chi connectivity index (χ0n) is 15.8. The molecule has 1 aromatic rings. The van der Waals surface area contributed by atoms with Crippen LogP contribution < -0.4 is 16.0 Å². The highest BCUT2D eigenvalue weighted by Crippen LogP contribution is 2.23. The lowest BCUT2D eigenvalue weighted by Crippen LogP contribution is -2.54. The number of anilines is 2. The van der Waals surface area contributed by atoms with Gasteiger partial charge in [-0.05, 0) is 39.8 Å². The number of carbonyl (C=O) groups excluding carboxylic acids is 3. The Balaban J connectivity index is 1.98. The Morgan fingerprint density at radius 2 is 1.88 bits per heavy atom. The summed E-state index contributed by atoms with van der Waals surface area (Å²) in [5.41, 5.74) is 0.794. The lowest BCUT2D eigenvalue weighted by atomic mass is 10.2. The molecule has 0 fully saturated rings. The summed E-state index contributed by atoms with van der Waals surface area (Å²) >= 11 is 0. The molecule has 1 aliphatic heterocycles. The van der Waals surface area contributed by atoms with Gasteiger partial charge in [-0.15, -0.1) is 0 Å². The van der Waals surface area contributed by atoms with Crippen LogP contribution in [0.3, 0.4) is 0 Å². The summed E-state index contributed by atoms with van der Waals surface area (Å²) in [4.78, 5) is 38.1. The lowest BCUT2D eigenvalue weighted by molar-refractivity contribution is -0.129. The van der Waals surface area contributed by atoms with Crippen LogP contribution in [0.15, 0.2) is 24.3 Å². The third kappa shape index (κ3) is 4.87. The molecule has 0 aromatic heterocycles. The Hall–Kier alpha value is -2.77. The normalized spacial score (nSPS) is 17.7. The topological polar surface area (TPSA) is 99.8 Å². The van der Waals surface area contributed by atoms with Gasteiger partial charge in [-0.3, -0.25) is 14.5 Å². The molecule has 8 nitrogen and oxygen atoms in total. The predicted octanol–water partition coefficient (Wildman–Crippen LogP) is 1.79. The average molecular weight is 362 g/mol. The first kappa shape index (κ1) is 19.6. The van der Waals surface area contributed by atoms with E-state index >= 15 is 0 Å². The van der Waals surface area contributed by atoms with Crippen molar-refractivity contribution in [1.82, 2.24) is 10.2 Å². The van der Waals surface area contributed by atoms with Crippen LogP contribution in [0.4, 0.5) is 16.2 Å². The van der Waals surface area contributed by atoms with Crippen molar-refractivity contribution in [2.24, 2.45) is 0 Å². The maximum atomic E-state index is 12.5. The summed E-state index contributed by atoms with van der Waals surface area (Å²) in [5, 5.41) is 8.59. The molecule has 0 saturated carbocycles. The fourth-order valence-corrected chi connectivity index (χ4v) is 2.35. The van der Waals surface area contributed by atoms with Crippen LogP contribution in [-0.4, -0.2) is 54.1 Å². The zero-order valence-corrected chi connectivity index (χ0v) is 15.8. The van der Waals surface area contributed by atoms with E-state index in [0.29, 0.717) is 5.69 Å². The molecule has 3 amide bonds. The van der Waals surface area contributed by atoms with Crippen molar-refractivity contribution in [3.05, 3.63) is 24.3 Å². The van der Waals surface area contributed by atoms with Crippen LogP contribution in [0.25, 0.3) is 0 Å². The Labute approximate surface area is 153 Å². The molecule has 2 rings (SSSR count). The van der Waals surface area contributed by atoms with Crippen molar-refractivity contribution in [3.63, 3.8) is 0 Å². The summed E-state index contributed by atoms with van der Waals surface area (Å²) in [6.07, 6.45) is -0.601. The number of fused-ring (bicyclic) bond motifs is 1. The Morgan fingerprint density at radius 3 is 2.50 bits per heavy atom. The van der Waals surface area contributed by atoms with E-state index in [2.05, 4.69) is 16.0 Å². The van der Waals surface area contributed by atoms with Gasteiger partial charge in [0.1, 0.15) is 17.7 Å². The summed E-state index contributed by atoms with van der Waals surface area (Å²) in [6, 6.07) is 5.75. The number of rotatable bonds is 3. The molecule has 142 valence electrons. The number of para-hydroxylation sites is 2. The van der Waals surface area contributed by atoms with Gasteiger partial charge < -0.3 is 20.7 Å². The highest BCUT2D eigenvalue weighted by Gasteiger charge is 2.30. The maximum Gasteiger partial charge on any atom is 0.410 e. The maximum absolute atomic E-state index is 12.5. The number of nitrogens with zero attached hydrogens (tertiary/aromatic N) is 1. The van der Waals surface area contributed by atoms with Crippen molar-refractivity contribution in [3.8, 4) is 0 Å². The highest BCUT2D eigenvalue weighted by atomic mass is 16.6. The smallest absolute Gasteiger partial charge is 0.410 e. The van der Waals surface area contributed by atoms with Crippen LogP contribution in [-0.2, 0) is 14.3 Å². The SMILES string of the molecule is CC(C(=O)NC1CNc2ccccc2NC1=O)N(C)C(=O)OC(C)(C)C. The van der Waals surface area contributed by atoms with E-state index in [1.165, 1.54) is 11.9 Å². The molecule has 26 heavy (non-hydrogen) atoms. The van der Waals surface area contributed by atoms with E-state index in [-0.39, 0.29) is 12.5 Å². The largest absolute Gasteiger partial charge is 0.444 e. The molecule has 3 N–H and O–H groups in total. The molecule has 2 unspecified atom stereocenters. The summed E-state index contributed by atoms with van der Waals surface area (Å²) in [6.45, 7) is 7.08. The monoisotopic (exact) mass is 362 g/mol. The van der Waals surface area contributed by atoms with Crippen molar-refractivity contribution in [2.75, 3.05) is 24.2 Å². The minimum atomic E-state index is -0.789. The Morgan fingerprint density at radius 1 is 1.27 bits per heavy atom. The zero-order chi connectivity index (χ0) is 19.5. The van der Waals surface area contributed by atoms with Gasteiger partial charge in [-0.1, -0.05) is 12.1 Å². The van der Waals surface area contributed by atoms with Gasteiger partial charge in [-0.25, -0.2) is 4.79 Å². The second-order valence-corrected chi connectivity index (χ2v) is 7.24. The third-order valence-electron chi connectivity index (χ3n) is 3.96. The van der Waals surface area contributed by atoms with Gasteiger partial charge >= 0.3 is 6.09 Å². The third-order valence-corrected chi connectivity index (χ3v) is 3.96. The molecule has 0 spiro atoms. The number of nitrogens with one attached hydrogen (secondary N) is 3. The number of ether oxygens (including phenoxy) is 1. The first-order chi connectivity index (χ1) is 12.1. The van der Waals surface area contributed by atoms with Crippen molar-refractivity contribution in [2.45, 2.75) is 45.4 Å². The molecular formula is C18H26N4O4. The minimum Gasteiger partial charge on any atom is -0.444 e. The fourth-order valence-electron chi connectivity index (χ4n) is 2.35. The van der Waals surface area contributed by atoms with Gasteiger partial charge in [0.05, 0.1) is 11.4 Å². The van der Waals surface area contributed by atoms with E-state index in [1.54, 1.807) is 33.8 Å². The van der Waals surface area contributed by atoms with Gasteiger partial charge in [0.15, 0.2) is 0 Å². The van der Waals surface area contributed by atoms with Crippen LogP contribution in [0.5, 0.6) is 0 Å². The number of amides is 3. The van der Waals surface area contributed by atoms with E-state index in [4.69, 9.17) is 4.74 Å². The molecular weight excluding hydrogens is 336 g/mol. The molecule has 0 aliphatic carbocycles.